The van der Waals surface area contributed by atoms with E-state index in [1.54, 1.807) is 13.0 Å². The van der Waals surface area contributed by atoms with Crippen LogP contribution in [0, 0.1) is 19.7 Å². The third kappa shape index (κ3) is 4.93. The Balaban J connectivity index is 2.27. The fraction of sp³-hybridized carbons (Fsp3) is 0.235. The maximum Gasteiger partial charge on any atom is 0.245 e. The molecule has 0 saturated carbocycles. The number of carbonyl (C=O) groups excluding carboxylic acids is 1. The van der Waals surface area contributed by atoms with Crippen molar-refractivity contribution in [3.63, 3.8) is 0 Å². The molecule has 25 heavy (non-hydrogen) atoms. The van der Waals surface area contributed by atoms with Crippen molar-refractivity contribution in [3.8, 4) is 0 Å². The maximum atomic E-state index is 13.4. The molecular formula is C17H18ClFN2O3S. The number of amides is 1. The molecular weight excluding hydrogens is 367 g/mol. The van der Waals surface area contributed by atoms with E-state index in [0.717, 1.165) is 27.8 Å². The van der Waals surface area contributed by atoms with Crippen LogP contribution in [-0.2, 0) is 14.8 Å². The lowest BCUT2D eigenvalue weighted by atomic mass is 10.1. The van der Waals surface area contributed by atoms with Gasteiger partial charge in [-0.25, -0.2) is 12.8 Å². The minimum Gasteiger partial charge on any atom is -0.323 e. The Kier molecular flexibility index (Phi) is 5.69. The van der Waals surface area contributed by atoms with E-state index in [9.17, 15) is 17.6 Å². The number of nitrogens with one attached hydrogen (secondary N) is 1. The Labute approximate surface area is 151 Å². The summed E-state index contributed by atoms with van der Waals surface area (Å²) in [6.07, 6.45) is 0.954. The number of nitrogens with zero attached hydrogens (tertiary/aromatic N) is 1. The molecule has 8 heteroatoms. The number of rotatable bonds is 5. The average molecular weight is 385 g/mol. The molecule has 2 rings (SSSR count). The number of anilines is 2. The van der Waals surface area contributed by atoms with Crippen LogP contribution in [0.1, 0.15) is 11.1 Å². The van der Waals surface area contributed by atoms with Gasteiger partial charge in [0.2, 0.25) is 15.9 Å². The Bertz CT molecular complexity index is 893. The van der Waals surface area contributed by atoms with Gasteiger partial charge in [-0.15, -0.1) is 0 Å². The van der Waals surface area contributed by atoms with Crippen LogP contribution in [0.25, 0.3) is 0 Å². The molecule has 0 aliphatic rings. The van der Waals surface area contributed by atoms with Gasteiger partial charge in [-0.05, 0) is 49.2 Å². The Morgan fingerprint density at radius 3 is 2.48 bits per heavy atom. The third-order valence-electron chi connectivity index (χ3n) is 3.48. The smallest absolute Gasteiger partial charge is 0.245 e. The Morgan fingerprint density at radius 2 is 1.92 bits per heavy atom. The van der Waals surface area contributed by atoms with Crippen LogP contribution in [0.15, 0.2) is 36.4 Å². The van der Waals surface area contributed by atoms with E-state index < -0.39 is 28.3 Å². The molecule has 0 unspecified atom stereocenters. The lowest BCUT2D eigenvalue weighted by molar-refractivity contribution is -0.114. The van der Waals surface area contributed by atoms with Gasteiger partial charge in [0.15, 0.2) is 0 Å². The minimum atomic E-state index is -3.78. The van der Waals surface area contributed by atoms with E-state index in [-0.39, 0.29) is 5.69 Å². The number of sulfonamides is 1. The molecule has 1 N–H and O–H groups in total. The number of hydrogen-bond donors (Lipinski definition) is 1. The van der Waals surface area contributed by atoms with E-state index in [1.165, 1.54) is 18.2 Å². The molecule has 0 aromatic heterocycles. The summed E-state index contributed by atoms with van der Waals surface area (Å²) in [6, 6.07) is 8.59. The normalized spacial score (nSPS) is 11.2. The van der Waals surface area contributed by atoms with Crippen LogP contribution in [0.2, 0.25) is 5.02 Å². The van der Waals surface area contributed by atoms with Gasteiger partial charge >= 0.3 is 0 Å². The highest BCUT2D eigenvalue weighted by atomic mass is 35.5. The molecule has 0 fully saturated rings. The largest absolute Gasteiger partial charge is 0.323 e. The summed E-state index contributed by atoms with van der Waals surface area (Å²) >= 11 is 6.15. The van der Waals surface area contributed by atoms with E-state index in [1.807, 2.05) is 13.0 Å². The van der Waals surface area contributed by atoms with Crippen molar-refractivity contribution in [1.29, 1.82) is 0 Å². The second-order valence-corrected chi connectivity index (χ2v) is 8.05. The van der Waals surface area contributed by atoms with Crippen LogP contribution < -0.4 is 9.62 Å². The molecule has 0 heterocycles. The standard InChI is InChI=1S/C17H18ClFN2O3S/c1-11-7-12(2)17(15(18)8-11)20-16(22)10-21(25(3,23)24)14-6-4-5-13(19)9-14/h4-9H,10H2,1-3H3,(H,20,22). The highest BCUT2D eigenvalue weighted by Gasteiger charge is 2.22. The van der Waals surface area contributed by atoms with Crippen LogP contribution in [0.3, 0.4) is 0 Å². The van der Waals surface area contributed by atoms with E-state index in [0.29, 0.717) is 10.7 Å². The third-order valence-corrected chi connectivity index (χ3v) is 4.92. The van der Waals surface area contributed by atoms with Crippen LogP contribution in [0.4, 0.5) is 15.8 Å². The van der Waals surface area contributed by atoms with Gasteiger partial charge in [-0.3, -0.25) is 9.10 Å². The lowest BCUT2D eigenvalue weighted by Gasteiger charge is -2.22. The molecule has 0 spiro atoms. The SMILES string of the molecule is Cc1cc(C)c(NC(=O)CN(c2cccc(F)c2)S(C)(=O)=O)c(Cl)c1. The zero-order valence-electron chi connectivity index (χ0n) is 14.0. The van der Waals surface area contributed by atoms with Gasteiger partial charge in [0, 0.05) is 0 Å². The Hall–Kier alpha value is -2.12. The van der Waals surface area contributed by atoms with Crippen LogP contribution in [-0.4, -0.2) is 27.1 Å². The van der Waals surface area contributed by atoms with Gasteiger partial charge in [0.1, 0.15) is 12.4 Å². The summed E-state index contributed by atoms with van der Waals surface area (Å²) in [6.45, 7) is 3.17. The van der Waals surface area contributed by atoms with E-state index in [4.69, 9.17) is 11.6 Å². The van der Waals surface area contributed by atoms with Crippen molar-refractivity contribution in [1.82, 2.24) is 0 Å². The molecule has 0 bridgehead atoms. The number of aryl methyl sites for hydroxylation is 2. The fourth-order valence-electron chi connectivity index (χ4n) is 2.41. The van der Waals surface area contributed by atoms with Crippen LogP contribution in [0.5, 0.6) is 0 Å². The van der Waals surface area contributed by atoms with E-state index >= 15 is 0 Å². The summed E-state index contributed by atoms with van der Waals surface area (Å²) in [5.41, 5.74) is 2.20. The number of hydrogen-bond acceptors (Lipinski definition) is 3. The minimum absolute atomic E-state index is 0.0735. The first-order valence-electron chi connectivity index (χ1n) is 7.38. The summed E-state index contributed by atoms with van der Waals surface area (Å²) in [4.78, 5) is 12.3. The molecule has 0 radical (unpaired) electrons. The quantitative estimate of drug-likeness (QED) is 0.857. The zero-order chi connectivity index (χ0) is 18.8. The number of carbonyl (C=O) groups is 1. The zero-order valence-corrected chi connectivity index (χ0v) is 15.6. The molecule has 5 nitrogen and oxygen atoms in total. The topological polar surface area (TPSA) is 66.5 Å². The number of benzene rings is 2. The summed E-state index contributed by atoms with van der Waals surface area (Å²) in [7, 11) is -3.78. The molecule has 1 amide bonds. The van der Waals surface area contributed by atoms with Crippen LogP contribution >= 0.6 is 11.6 Å². The second-order valence-electron chi connectivity index (χ2n) is 5.74. The van der Waals surface area contributed by atoms with Crippen molar-refractivity contribution in [2.24, 2.45) is 0 Å². The molecule has 2 aromatic rings. The van der Waals surface area contributed by atoms with E-state index in [2.05, 4.69) is 5.32 Å². The Morgan fingerprint density at radius 1 is 1.24 bits per heavy atom. The lowest BCUT2D eigenvalue weighted by Crippen LogP contribution is -2.37. The second kappa shape index (κ2) is 7.41. The fourth-order valence-corrected chi connectivity index (χ4v) is 3.63. The summed E-state index contributed by atoms with van der Waals surface area (Å²) < 4.78 is 38.3. The predicted octanol–water partition coefficient (Wildman–Crippen LogP) is 3.50. The van der Waals surface area contributed by atoms with Crippen molar-refractivity contribution in [2.45, 2.75) is 13.8 Å². The average Bonchev–Trinajstić information content (AvgIpc) is 2.47. The first kappa shape index (κ1) is 19.2. The summed E-state index contributed by atoms with van der Waals surface area (Å²) in [5.74, 6) is -1.17. The van der Waals surface area contributed by atoms with Gasteiger partial charge in [-0.1, -0.05) is 23.7 Å². The summed E-state index contributed by atoms with van der Waals surface area (Å²) in [5, 5.41) is 2.99. The first-order chi connectivity index (χ1) is 11.6. The van der Waals surface area contributed by atoms with Gasteiger partial charge in [-0.2, -0.15) is 0 Å². The predicted molar refractivity (Wildman–Crippen MR) is 98.1 cm³/mol. The highest BCUT2D eigenvalue weighted by Crippen LogP contribution is 2.27. The molecule has 134 valence electrons. The van der Waals surface area contributed by atoms with Crippen molar-refractivity contribution in [3.05, 3.63) is 58.4 Å². The molecule has 2 aromatic carbocycles. The molecule has 0 atom stereocenters. The first-order valence-corrected chi connectivity index (χ1v) is 9.60. The molecule has 0 saturated heterocycles. The van der Waals surface area contributed by atoms with Crippen molar-refractivity contribution in [2.75, 3.05) is 22.4 Å². The number of halogens is 2. The van der Waals surface area contributed by atoms with Gasteiger partial charge < -0.3 is 5.32 Å². The van der Waals surface area contributed by atoms with Gasteiger partial charge in [0.05, 0.1) is 22.7 Å². The van der Waals surface area contributed by atoms with Crippen molar-refractivity contribution < 1.29 is 17.6 Å². The van der Waals surface area contributed by atoms with Gasteiger partial charge in [0.25, 0.3) is 0 Å². The highest BCUT2D eigenvalue weighted by molar-refractivity contribution is 7.92. The van der Waals surface area contributed by atoms with Crippen molar-refractivity contribution >= 4 is 38.9 Å². The molecule has 0 aliphatic carbocycles. The molecule has 0 aliphatic heterocycles. The monoisotopic (exact) mass is 384 g/mol. The maximum absolute atomic E-state index is 13.4.